The van der Waals surface area contributed by atoms with Crippen LogP contribution in [0.15, 0.2) is 71.7 Å². The minimum Gasteiger partial charge on any atom is -0.385 e. The molecule has 0 amide bonds. The zero-order valence-electron chi connectivity index (χ0n) is 18.5. The molecule has 1 saturated carbocycles. The smallest absolute Gasteiger partial charge is 0.385 e. The van der Waals surface area contributed by atoms with Gasteiger partial charge in [0.05, 0.1) is 4.90 Å². The van der Waals surface area contributed by atoms with Gasteiger partial charge in [0.25, 0.3) is 10.0 Å². The molecular formula is C24H19F5N4O2S. The summed E-state index contributed by atoms with van der Waals surface area (Å²) in [4.78, 5) is 6.64. The van der Waals surface area contributed by atoms with Gasteiger partial charge in [0.15, 0.2) is 0 Å². The molecule has 3 aliphatic rings. The Morgan fingerprint density at radius 1 is 1.00 bits per heavy atom. The van der Waals surface area contributed by atoms with Gasteiger partial charge in [-0.3, -0.25) is 4.31 Å². The fourth-order valence-electron chi connectivity index (χ4n) is 4.43. The molecule has 36 heavy (non-hydrogen) atoms. The molecule has 1 N–H and O–H groups in total. The number of halogens is 5. The van der Waals surface area contributed by atoms with Crippen molar-refractivity contribution in [2.75, 3.05) is 0 Å². The van der Waals surface area contributed by atoms with Gasteiger partial charge in [0.1, 0.15) is 11.6 Å². The number of sulfonamides is 1. The van der Waals surface area contributed by atoms with E-state index >= 15 is 0 Å². The predicted molar refractivity (Wildman–Crippen MR) is 119 cm³/mol. The highest BCUT2D eigenvalue weighted by atomic mass is 32.2. The summed E-state index contributed by atoms with van der Waals surface area (Å²) < 4.78 is 93.5. The third-order valence-corrected chi connectivity index (χ3v) is 8.21. The van der Waals surface area contributed by atoms with Crippen molar-refractivity contribution < 1.29 is 30.4 Å². The average Bonchev–Trinajstić information content (AvgIpc) is 3.36. The van der Waals surface area contributed by atoms with Crippen LogP contribution < -0.4 is 5.32 Å². The van der Waals surface area contributed by atoms with E-state index in [-0.39, 0.29) is 34.5 Å². The lowest BCUT2D eigenvalue weighted by Gasteiger charge is -2.25. The summed E-state index contributed by atoms with van der Waals surface area (Å²) in [5.74, 6) is -2.30. The number of hydrogen-bond acceptors (Lipinski definition) is 5. The number of nitrogens with zero attached hydrogens (tertiary/aromatic N) is 3. The lowest BCUT2D eigenvalue weighted by atomic mass is 9.85. The molecule has 6 rings (SSSR count). The minimum absolute atomic E-state index is 0.00644. The van der Waals surface area contributed by atoms with Gasteiger partial charge in [-0.25, -0.2) is 27.2 Å². The van der Waals surface area contributed by atoms with Gasteiger partial charge in [0, 0.05) is 53.9 Å². The second-order valence-corrected chi connectivity index (χ2v) is 10.4. The van der Waals surface area contributed by atoms with Gasteiger partial charge in [-0.15, -0.1) is 0 Å². The molecule has 2 aromatic carbocycles. The molecule has 1 aliphatic carbocycles. The molecule has 2 saturated heterocycles. The third kappa shape index (κ3) is 4.41. The topological polar surface area (TPSA) is 75.2 Å². The molecule has 0 atom stereocenters. The number of rotatable bonds is 6. The zero-order chi connectivity index (χ0) is 25.7. The van der Waals surface area contributed by atoms with E-state index in [0.717, 1.165) is 24.5 Å². The van der Waals surface area contributed by atoms with E-state index in [2.05, 4.69) is 15.3 Å². The maximum absolute atomic E-state index is 14.4. The molecule has 188 valence electrons. The van der Waals surface area contributed by atoms with Crippen LogP contribution in [0.25, 0.3) is 11.1 Å². The fraction of sp³-hybridized carbons (Fsp3) is 0.250. The van der Waals surface area contributed by atoms with E-state index in [1.807, 2.05) is 0 Å². The Hall–Kier alpha value is -3.54. The van der Waals surface area contributed by atoms with Crippen LogP contribution in [0, 0.1) is 17.6 Å². The summed E-state index contributed by atoms with van der Waals surface area (Å²) in [6.45, 7) is 0.00644. The molecule has 0 spiro atoms. The molecule has 2 aliphatic heterocycles. The van der Waals surface area contributed by atoms with Gasteiger partial charge in [-0.2, -0.15) is 13.2 Å². The molecule has 0 unspecified atom stereocenters. The molecule has 1 aromatic heterocycles. The highest BCUT2D eigenvalue weighted by Gasteiger charge is 2.52. The summed E-state index contributed by atoms with van der Waals surface area (Å²) in [6.07, 6.45) is 0.269. The lowest BCUT2D eigenvalue weighted by Crippen LogP contribution is -2.34. The number of hydrogen-bond donors (Lipinski definition) is 1. The van der Waals surface area contributed by atoms with Crippen LogP contribution in [0.1, 0.15) is 24.2 Å². The molecule has 12 heteroatoms. The van der Waals surface area contributed by atoms with Crippen LogP contribution in [0.3, 0.4) is 0 Å². The normalized spacial score (nSPS) is 20.5. The summed E-state index contributed by atoms with van der Waals surface area (Å²) in [7, 11) is -3.88. The van der Waals surface area contributed by atoms with Gasteiger partial charge in [-0.1, -0.05) is 6.07 Å². The molecule has 6 nitrogen and oxygen atoms in total. The largest absolute Gasteiger partial charge is 0.451 e. The monoisotopic (exact) mass is 522 g/mol. The first-order chi connectivity index (χ1) is 17.0. The number of allylic oxidation sites excluding steroid dienone is 1. The Bertz CT molecular complexity index is 1420. The second kappa shape index (κ2) is 8.84. The first kappa shape index (κ1) is 24.2. The number of nitrogens with one attached hydrogen (secondary N) is 1. The maximum Gasteiger partial charge on any atom is 0.451 e. The Labute approximate surface area is 203 Å². The van der Waals surface area contributed by atoms with E-state index in [1.54, 1.807) is 6.20 Å². The summed E-state index contributed by atoms with van der Waals surface area (Å²) in [5, 5.41) is 2.96. The van der Waals surface area contributed by atoms with Crippen molar-refractivity contribution in [3.8, 4) is 11.1 Å². The highest BCUT2D eigenvalue weighted by molar-refractivity contribution is 7.89. The zero-order valence-corrected chi connectivity index (χ0v) is 19.3. The van der Waals surface area contributed by atoms with Crippen molar-refractivity contribution >= 4 is 10.0 Å². The molecule has 3 fully saturated rings. The van der Waals surface area contributed by atoms with Crippen molar-refractivity contribution in [2.24, 2.45) is 5.92 Å². The quantitative estimate of drug-likeness (QED) is 0.469. The first-order valence-corrected chi connectivity index (χ1v) is 12.4. The highest BCUT2D eigenvalue weighted by Crippen LogP contribution is 2.50. The number of aromatic nitrogens is 2. The van der Waals surface area contributed by atoms with Crippen LogP contribution in [0.2, 0.25) is 0 Å². The Balaban J connectivity index is 1.34. The molecule has 2 bridgehead atoms. The van der Waals surface area contributed by atoms with E-state index in [1.165, 1.54) is 34.6 Å². The van der Waals surface area contributed by atoms with Gasteiger partial charge >= 0.3 is 6.18 Å². The van der Waals surface area contributed by atoms with Crippen molar-refractivity contribution in [3.63, 3.8) is 0 Å². The summed E-state index contributed by atoms with van der Waals surface area (Å²) >= 11 is 0. The second-order valence-electron chi connectivity index (χ2n) is 8.63. The molecule has 3 aromatic rings. The summed E-state index contributed by atoms with van der Waals surface area (Å²) in [5.41, 5.74) is 1.49. The molecular weight excluding hydrogens is 503 g/mol. The standard InChI is InChI=1S/C24H19F5N4O2S/c25-18-2-4-20(5-3-18)36(34,35)33-19-8-15(9-19)22(33)13-30-10-16-7-14(1-6-21(16)26)17-11-31-23(32-12-17)24(27,28)29/h1-7,11-13,15,19,30H,8-10H2/b22-13+. The lowest BCUT2D eigenvalue weighted by molar-refractivity contribution is -0.144. The number of alkyl halides is 3. The van der Waals surface area contributed by atoms with Crippen LogP contribution in [0.4, 0.5) is 22.0 Å². The van der Waals surface area contributed by atoms with E-state index in [9.17, 15) is 30.4 Å². The van der Waals surface area contributed by atoms with Crippen LogP contribution in [-0.4, -0.2) is 28.7 Å². The van der Waals surface area contributed by atoms with E-state index in [0.29, 0.717) is 24.1 Å². The molecule has 3 heterocycles. The number of benzene rings is 2. The van der Waals surface area contributed by atoms with E-state index in [4.69, 9.17) is 0 Å². The SMILES string of the molecule is O=S(=O)(c1ccc(F)cc1)N1/C(=C/NCc2cc(-c3cnc(C(F)(F)F)nc3)ccc2F)C2CC1C2. The minimum atomic E-state index is -4.66. The first-order valence-electron chi connectivity index (χ1n) is 11.0. The van der Waals surface area contributed by atoms with Gasteiger partial charge < -0.3 is 5.32 Å². The Kier molecular flexibility index (Phi) is 5.93. The van der Waals surface area contributed by atoms with Crippen LogP contribution >= 0.6 is 0 Å². The van der Waals surface area contributed by atoms with Crippen molar-refractivity contribution in [1.29, 1.82) is 0 Å². The van der Waals surface area contributed by atoms with Crippen LogP contribution in [0.5, 0.6) is 0 Å². The van der Waals surface area contributed by atoms with E-state index < -0.39 is 33.7 Å². The third-order valence-electron chi connectivity index (χ3n) is 6.31. The molecule has 0 radical (unpaired) electrons. The van der Waals surface area contributed by atoms with Gasteiger partial charge in [0.2, 0.25) is 5.82 Å². The fourth-order valence-corrected chi connectivity index (χ4v) is 6.18. The predicted octanol–water partition coefficient (Wildman–Crippen LogP) is 4.85. The summed E-state index contributed by atoms with van der Waals surface area (Å²) in [6, 6.07) is 8.50. The maximum atomic E-state index is 14.4. The van der Waals surface area contributed by atoms with Crippen LogP contribution in [-0.2, 0) is 22.7 Å². The van der Waals surface area contributed by atoms with Gasteiger partial charge in [-0.05, 0) is 54.8 Å². The van der Waals surface area contributed by atoms with Crippen molar-refractivity contribution in [3.05, 3.63) is 89.8 Å². The Morgan fingerprint density at radius 3 is 2.31 bits per heavy atom. The van der Waals surface area contributed by atoms with Crippen molar-refractivity contribution in [1.82, 2.24) is 19.6 Å². The number of fused-ring (bicyclic) bond motifs is 1. The average molecular weight is 522 g/mol. The van der Waals surface area contributed by atoms with Crippen molar-refractivity contribution in [2.45, 2.75) is 36.5 Å². The Morgan fingerprint density at radius 2 is 1.67 bits per heavy atom.